The maximum Gasteiger partial charge on any atom is 0.416 e. The second kappa shape index (κ2) is 9.13. The fourth-order valence-corrected chi connectivity index (χ4v) is 2.75. The first kappa shape index (κ1) is 20.9. The van der Waals surface area contributed by atoms with Gasteiger partial charge in [0.1, 0.15) is 6.54 Å². The Morgan fingerprint density at radius 1 is 0.833 bits per heavy atom. The molecule has 0 saturated carbocycles. The lowest BCUT2D eigenvalue weighted by molar-refractivity contribution is -0.137. The van der Waals surface area contributed by atoms with E-state index in [1.54, 1.807) is 24.3 Å². The van der Waals surface area contributed by atoms with Crippen molar-refractivity contribution in [1.82, 2.24) is 5.43 Å². The Labute approximate surface area is 170 Å². The van der Waals surface area contributed by atoms with Gasteiger partial charge >= 0.3 is 6.18 Å². The Hall–Kier alpha value is -3.81. The first-order valence-corrected chi connectivity index (χ1v) is 8.87. The van der Waals surface area contributed by atoms with E-state index in [0.29, 0.717) is 5.56 Å². The molecular weight excluding hydrogens is 395 g/mol. The number of nitrogens with one attached hydrogen (secondary N) is 1. The number of carbonyl (C=O) groups is 1. The van der Waals surface area contributed by atoms with Crippen LogP contribution in [0.5, 0.6) is 0 Å². The Kier molecular flexibility index (Phi) is 6.36. The first-order chi connectivity index (χ1) is 14.4. The molecule has 0 radical (unpaired) electrons. The van der Waals surface area contributed by atoms with Crippen LogP contribution in [0.25, 0.3) is 11.1 Å². The molecule has 0 aliphatic rings. The molecule has 0 spiro atoms. The van der Waals surface area contributed by atoms with Crippen molar-refractivity contribution < 1.29 is 18.0 Å². The number of rotatable bonds is 6. The topological polar surface area (TPSA) is 70.9 Å². The van der Waals surface area contributed by atoms with Crippen LogP contribution >= 0.6 is 0 Å². The summed E-state index contributed by atoms with van der Waals surface area (Å²) in [6, 6.07) is 20.7. The molecule has 5 nitrogen and oxygen atoms in total. The average molecular weight is 411 g/mol. The fraction of sp³-hybridized carbons (Fsp3) is 0.0909. The minimum Gasteiger partial charge on any atom is -0.267 e. The monoisotopic (exact) mass is 411 g/mol. The number of carbonyl (C=O) groups excluding carboxylic acids is 1. The number of hydrogen-bond acceptors (Lipinski definition) is 4. The van der Waals surface area contributed by atoms with Crippen LogP contribution in [0.15, 0.2) is 89.1 Å². The number of halogens is 3. The molecule has 30 heavy (non-hydrogen) atoms. The van der Waals surface area contributed by atoms with E-state index in [9.17, 15) is 22.9 Å². The Morgan fingerprint density at radius 2 is 1.50 bits per heavy atom. The Morgan fingerprint density at radius 3 is 2.13 bits per heavy atom. The Balaban J connectivity index is 1.78. The lowest BCUT2D eigenvalue weighted by atomic mass is 10.0. The molecule has 0 fully saturated rings. The van der Waals surface area contributed by atoms with E-state index < -0.39 is 24.2 Å². The van der Waals surface area contributed by atoms with Gasteiger partial charge in [0.25, 0.3) is 5.91 Å². The number of nitroso groups, excluding NO2 is 1. The molecule has 0 aliphatic carbocycles. The summed E-state index contributed by atoms with van der Waals surface area (Å²) in [6.45, 7) is -0.492. The molecule has 1 amide bonds. The maximum atomic E-state index is 12.9. The summed E-state index contributed by atoms with van der Waals surface area (Å²) in [7, 11) is 0. The number of benzene rings is 3. The van der Waals surface area contributed by atoms with E-state index in [1.807, 2.05) is 30.3 Å². The highest BCUT2D eigenvalue weighted by molar-refractivity contribution is 6.03. The van der Waals surface area contributed by atoms with Gasteiger partial charge in [-0.3, -0.25) is 4.79 Å². The number of alkyl halides is 3. The standard InChI is InChI=1S/C22H16F3N3O2/c23-22(24,25)19-8-4-7-18(13-19)20(14-26-30)27-28-21(29)17-11-9-16(10-12-17)15-5-2-1-3-6-15/h1-13H,14H2,(H,28,29). The van der Waals surface area contributed by atoms with Gasteiger partial charge in [-0.15, -0.1) is 0 Å². The zero-order valence-electron chi connectivity index (χ0n) is 15.6. The highest BCUT2D eigenvalue weighted by Crippen LogP contribution is 2.29. The molecule has 3 rings (SSSR count). The molecule has 0 bridgehead atoms. The lowest BCUT2D eigenvalue weighted by Crippen LogP contribution is -2.21. The van der Waals surface area contributed by atoms with Crippen LogP contribution in [0, 0.1) is 4.91 Å². The molecule has 0 saturated heterocycles. The van der Waals surface area contributed by atoms with E-state index >= 15 is 0 Å². The highest BCUT2D eigenvalue weighted by Gasteiger charge is 2.30. The number of amides is 1. The van der Waals surface area contributed by atoms with Gasteiger partial charge in [0.15, 0.2) is 0 Å². The van der Waals surface area contributed by atoms with Crippen LogP contribution in [0.2, 0.25) is 0 Å². The molecule has 3 aromatic rings. The van der Waals surface area contributed by atoms with Gasteiger partial charge in [-0.2, -0.15) is 23.2 Å². The van der Waals surface area contributed by atoms with Crippen molar-refractivity contribution >= 4 is 11.6 Å². The van der Waals surface area contributed by atoms with Crippen LogP contribution in [-0.2, 0) is 6.18 Å². The quantitative estimate of drug-likeness (QED) is 0.341. The fourth-order valence-electron chi connectivity index (χ4n) is 2.75. The lowest BCUT2D eigenvalue weighted by Gasteiger charge is -2.09. The van der Waals surface area contributed by atoms with Crippen molar-refractivity contribution in [2.24, 2.45) is 10.3 Å². The molecule has 0 atom stereocenters. The van der Waals surface area contributed by atoms with Gasteiger partial charge in [0.05, 0.1) is 11.3 Å². The Bertz CT molecular complexity index is 1060. The third kappa shape index (κ3) is 5.16. The zero-order valence-corrected chi connectivity index (χ0v) is 15.6. The van der Waals surface area contributed by atoms with Crippen LogP contribution in [-0.4, -0.2) is 18.2 Å². The summed E-state index contributed by atoms with van der Waals surface area (Å²) in [5.41, 5.74) is 3.57. The number of nitrogens with zero attached hydrogens (tertiary/aromatic N) is 2. The molecule has 1 N–H and O–H groups in total. The van der Waals surface area contributed by atoms with E-state index in [-0.39, 0.29) is 11.3 Å². The van der Waals surface area contributed by atoms with E-state index in [1.165, 1.54) is 12.1 Å². The van der Waals surface area contributed by atoms with E-state index in [2.05, 4.69) is 15.7 Å². The molecule has 0 unspecified atom stereocenters. The van der Waals surface area contributed by atoms with Gasteiger partial charge in [0, 0.05) is 11.1 Å². The average Bonchev–Trinajstić information content (AvgIpc) is 2.76. The first-order valence-electron chi connectivity index (χ1n) is 8.87. The summed E-state index contributed by atoms with van der Waals surface area (Å²) in [4.78, 5) is 23.0. The third-order valence-corrected chi connectivity index (χ3v) is 4.28. The summed E-state index contributed by atoms with van der Waals surface area (Å²) in [6.07, 6.45) is -4.54. The van der Waals surface area contributed by atoms with Crippen LogP contribution in [0.4, 0.5) is 13.2 Å². The highest BCUT2D eigenvalue weighted by atomic mass is 19.4. The van der Waals surface area contributed by atoms with E-state index in [4.69, 9.17) is 0 Å². The van der Waals surface area contributed by atoms with Gasteiger partial charge in [-0.1, -0.05) is 59.8 Å². The van der Waals surface area contributed by atoms with Crippen molar-refractivity contribution in [3.05, 3.63) is 100 Å². The van der Waals surface area contributed by atoms with Crippen molar-refractivity contribution in [2.75, 3.05) is 6.54 Å². The van der Waals surface area contributed by atoms with Gasteiger partial charge < -0.3 is 0 Å². The second-order valence-corrected chi connectivity index (χ2v) is 6.31. The summed E-state index contributed by atoms with van der Waals surface area (Å²) < 4.78 is 38.7. The van der Waals surface area contributed by atoms with Crippen molar-refractivity contribution in [3.63, 3.8) is 0 Å². The van der Waals surface area contributed by atoms with Crippen LogP contribution in [0.3, 0.4) is 0 Å². The van der Waals surface area contributed by atoms with Gasteiger partial charge in [-0.25, -0.2) is 5.43 Å². The molecular formula is C22H16F3N3O2. The summed E-state index contributed by atoms with van der Waals surface area (Å²) in [5, 5.41) is 6.51. The number of hydrogen-bond donors (Lipinski definition) is 1. The van der Waals surface area contributed by atoms with Crippen molar-refractivity contribution in [2.45, 2.75) is 6.18 Å². The predicted octanol–water partition coefficient (Wildman–Crippen LogP) is 5.27. The van der Waals surface area contributed by atoms with Gasteiger partial charge in [0.2, 0.25) is 0 Å². The largest absolute Gasteiger partial charge is 0.416 e. The normalized spacial score (nSPS) is 11.8. The molecule has 3 aromatic carbocycles. The third-order valence-electron chi connectivity index (χ3n) is 4.28. The molecule has 0 heterocycles. The maximum absolute atomic E-state index is 12.9. The van der Waals surface area contributed by atoms with E-state index in [0.717, 1.165) is 23.3 Å². The molecule has 152 valence electrons. The molecule has 8 heteroatoms. The SMILES string of the molecule is O=NCC(=NNC(=O)c1ccc(-c2ccccc2)cc1)c1cccc(C(F)(F)F)c1. The zero-order chi connectivity index (χ0) is 21.6. The molecule has 0 aromatic heterocycles. The molecule has 0 aliphatic heterocycles. The minimum absolute atomic E-state index is 0.0455. The van der Waals surface area contributed by atoms with Crippen molar-refractivity contribution in [1.29, 1.82) is 0 Å². The number of hydrazone groups is 1. The summed E-state index contributed by atoms with van der Waals surface area (Å²) in [5.74, 6) is -0.565. The van der Waals surface area contributed by atoms with Gasteiger partial charge in [-0.05, 0) is 35.4 Å². The summed E-state index contributed by atoms with van der Waals surface area (Å²) >= 11 is 0. The minimum atomic E-state index is -4.54. The van der Waals surface area contributed by atoms with Crippen LogP contribution in [0.1, 0.15) is 21.5 Å². The van der Waals surface area contributed by atoms with Crippen molar-refractivity contribution in [3.8, 4) is 11.1 Å². The predicted molar refractivity (Wildman–Crippen MR) is 108 cm³/mol. The van der Waals surface area contributed by atoms with Crippen LogP contribution < -0.4 is 5.43 Å². The second-order valence-electron chi connectivity index (χ2n) is 6.31. The smallest absolute Gasteiger partial charge is 0.267 e.